The number of primary amides is 1. The van der Waals surface area contributed by atoms with Crippen LogP contribution in [0.25, 0.3) is 0 Å². The number of carbonyl (C=O) groups is 1. The molecule has 7 heteroatoms. The number of rotatable bonds is 5. The molecule has 1 aliphatic heterocycles. The molecule has 0 saturated carbocycles. The second-order valence-electron chi connectivity index (χ2n) is 6.64. The number of aromatic nitrogens is 3. The predicted octanol–water partition coefficient (Wildman–Crippen LogP) is 1.83. The zero-order valence-electron chi connectivity index (χ0n) is 14.9. The van der Waals surface area contributed by atoms with Crippen LogP contribution in [0.1, 0.15) is 47.3 Å². The lowest BCUT2D eigenvalue weighted by Crippen LogP contribution is -2.40. The lowest BCUT2D eigenvalue weighted by Gasteiger charge is -2.34. The quantitative estimate of drug-likeness (QED) is 0.862. The molecular formula is C18H24N6O. The summed E-state index contributed by atoms with van der Waals surface area (Å²) in [7, 11) is 1.87. The van der Waals surface area contributed by atoms with E-state index in [4.69, 9.17) is 5.73 Å². The second-order valence-corrected chi connectivity index (χ2v) is 6.64. The summed E-state index contributed by atoms with van der Waals surface area (Å²) in [6.45, 7) is 5.68. The average molecular weight is 340 g/mol. The summed E-state index contributed by atoms with van der Waals surface area (Å²) in [4.78, 5) is 27.4. The minimum atomic E-state index is -0.523. The maximum atomic E-state index is 11.6. The van der Waals surface area contributed by atoms with Crippen molar-refractivity contribution in [3.05, 3.63) is 47.2 Å². The highest BCUT2D eigenvalue weighted by Crippen LogP contribution is 2.38. The number of aryl methyl sites for hydroxylation is 1. The van der Waals surface area contributed by atoms with Gasteiger partial charge in [-0.15, -0.1) is 0 Å². The lowest BCUT2D eigenvalue weighted by atomic mass is 9.96. The summed E-state index contributed by atoms with van der Waals surface area (Å²) in [6, 6.07) is 5.65. The van der Waals surface area contributed by atoms with Crippen molar-refractivity contribution in [2.24, 2.45) is 5.73 Å². The van der Waals surface area contributed by atoms with E-state index in [0.717, 1.165) is 43.0 Å². The number of amides is 1. The molecule has 1 amide bonds. The van der Waals surface area contributed by atoms with Crippen LogP contribution >= 0.6 is 0 Å². The summed E-state index contributed by atoms with van der Waals surface area (Å²) in [5, 5.41) is 3.14. The number of hydrogen-bond acceptors (Lipinski definition) is 6. The van der Waals surface area contributed by atoms with Gasteiger partial charge >= 0.3 is 0 Å². The number of likely N-dealkylation sites (tertiary alicyclic amines) is 1. The molecule has 2 aromatic heterocycles. The van der Waals surface area contributed by atoms with Crippen LogP contribution in [0, 0.1) is 6.92 Å². The first kappa shape index (κ1) is 17.3. The molecule has 1 fully saturated rings. The van der Waals surface area contributed by atoms with Crippen molar-refractivity contribution >= 4 is 11.7 Å². The summed E-state index contributed by atoms with van der Waals surface area (Å²) in [6.07, 6.45) is 3.76. The largest absolute Gasteiger partial charge is 0.373 e. The highest BCUT2D eigenvalue weighted by molar-refractivity contribution is 5.90. The normalized spacial score (nSPS) is 20.6. The van der Waals surface area contributed by atoms with E-state index in [1.54, 1.807) is 12.3 Å². The predicted molar refractivity (Wildman–Crippen MR) is 96.1 cm³/mol. The Hall–Kier alpha value is -2.54. The summed E-state index contributed by atoms with van der Waals surface area (Å²) < 4.78 is 0. The highest BCUT2D eigenvalue weighted by atomic mass is 16.1. The van der Waals surface area contributed by atoms with Crippen molar-refractivity contribution in [3.8, 4) is 0 Å². The van der Waals surface area contributed by atoms with Crippen LogP contribution in [-0.2, 0) is 12.1 Å². The van der Waals surface area contributed by atoms with E-state index in [2.05, 4.69) is 38.2 Å². The number of carbonyl (C=O) groups excluding carboxylic acids is 1. The molecule has 0 unspecified atom stereocenters. The molecule has 0 aromatic carbocycles. The van der Waals surface area contributed by atoms with Gasteiger partial charge in [0.2, 0.25) is 0 Å². The van der Waals surface area contributed by atoms with E-state index in [0.29, 0.717) is 5.82 Å². The van der Waals surface area contributed by atoms with E-state index < -0.39 is 5.91 Å². The zero-order valence-corrected chi connectivity index (χ0v) is 14.9. The smallest absolute Gasteiger partial charge is 0.267 e. The first-order valence-corrected chi connectivity index (χ1v) is 8.46. The van der Waals surface area contributed by atoms with E-state index >= 15 is 0 Å². The van der Waals surface area contributed by atoms with Gasteiger partial charge in [0, 0.05) is 31.0 Å². The molecule has 3 rings (SSSR count). The molecule has 132 valence electrons. The van der Waals surface area contributed by atoms with Crippen LogP contribution in [0.4, 0.5) is 5.82 Å². The number of pyridine rings is 1. The number of hydrogen-bond donors (Lipinski definition) is 2. The molecule has 1 saturated heterocycles. The second kappa shape index (κ2) is 6.76. The summed E-state index contributed by atoms with van der Waals surface area (Å²) >= 11 is 0. The van der Waals surface area contributed by atoms with Crippen LogP contribution < -0.4 is 11.1 Å². The third-order valence-electron chi connectivity index (χ3n) is 4.87. The molecular weight excluding hydrogens is 316 g/mol. The number of nitrogens with two attached hydrogens (primary N) is 1. The molecule has 7 nitrogen and oxygen atoms in total. The van der Waals surface area contributed by atoms with Crippen LogP contribution in [0.2, 0.25) is 0 Å². The van der Waals surface area contributed by atoms with Crippen LogP contribution in [0.5, 0.6) is 0 Å². The van der Waals surface area contributed by atoms with E-state index in [-0.39, 0.29) is 11.2 Å². The van der Waals surface area contributed by atoms with Crippen LogP contribution in [0.3, 0.4) is 0 Å². The Labute approximate surface area is 147 Å². The number of anilines is 1. The third kappa shape index (κ3) is 3.32. The van der Waals surface area contributed by atoms with Gasteiger partial charge in [-0.1, -0.05) is 6.07 Å². The van der Waals surface area contributed by atoms with Crippen molar-refractivity contribution in [3.63, 3.8) is 0 Å². The standard InChI is InChI=1S/C18H24N6O/c1-12-10-14(15(19)25)23-17(22-12)18(2)7-5-9-24(18)11-13-6-4-8-21-16(13)20-3/h4,6,8,10H,5,7,9,11H2,1-3H3,(H2,19,25)(H,20,21)/t18-/m0/s1. The first-order chi connectivity index (χ1) is 11.9. The monoisotopic (exact) mass is 340 g/mol. The molecule has 25 heavy (non-hydrogen) atoms. The topological polar surface area (TPSA) is 97.0 Å². The Morgan fingerprint density at radius 2 is 2.24 bits per heavy atom. The number of nitrogens with zero attached hydrogens (tertiary/aromatic N) is 4. The summed E-state index contributed by atoms with van der Waals surface area (Å²) in [5.74, 6) is 1.01. The zero-order chi connectivity index (χ0) is 18.0. The van der Waals surface area contributed by atoms with Gasteiger partial charge in [0.25, 0.3) is 5.91 Å². The van der Waals surface area contributed by atoms with Gasteiger partial charge in [-0.3, -0.25) is 9.69 Å². The average Bonchev–Trinajstić information content (AvgIpc) is 2.97. The Bertz CT molecular complexity index is 793. The van der Waals surface area contributed by atoms with Gasteiger partial charge in [0.15, 0.2) is 0 Å². The fraction of sp³-hybridized carbons (Fsp3) is 0.444. The van der Waals surface area contributed by atoms with Crippen molar-refractivity contribution in [1.82, 2.24) is 19.9 Å². The maximum Gasteiger partial charge on any atom is 0.267 e. The van der Waals surface area contributed by atoms with Crippen LogP contribution in [-0.4, -0.2) is 39.4 Å². The molecule has 0 aliphatic carbocycles. The van der Waals surface area contributed by atoms with Crippen molar-refractivity contribution in [2.75, 3.05) is 18.9 Å². The Morgan fingerprint density at radius 1 is 1.44 bits per heavy atom. The summed E-state index contributed by atoms with van der Waals surface area (Å²) in [5.41, 5.74) is 7.24. The van der Waals surface area contributed by atoms with E-state index in [9.17, 15) is 4.79 Å². The maximum absolute atomic E-state index is 11.6. The van der Waals surface area contributed by atoms with Gasteiger partial charge in [-0.2, -0.15) is 0 Å². The SMILES string of the molecule is CNc1ncccc1CN1CCC[C@@]1(C)c1nc(C)cc(C(N)=O)n1. The van der Waals surface area contributed by atoms with Gasteiger partial charge < -0.3 is 11.1 Å². The minimum Gasteiger partial charge on any atom is -0.373 e. The van der Waals surface area contributed by atoms with E-state index in [1.165, 1.54) is 0 Å². The molecule has 2 aromatic rings. The fourth-order valence-corrected chi connectivity index (χ4v) is 3.46. The lowest BCUT2D eigenvalue weighted by molar-refractivity contribution is 0.0991. The minimum absolute atomic E-state index is 0.271. The van der Waals surface area contributed by atoms with Crippen molar-refractivity contribution in [1.29, 1.82) is 0 Å². The molecule has 3 N–H and O–H groups in total. The molecule has 1 atom stereocenters. The Morgan fingerprint density at radius 3 is 2.96 bits per heavy atom. The van der Waals surface area contributed by atoms with Crippen molar-refractivity contribution < 1.29 is 4.79 Å². The molecule has 0 bridgehead atoms. The van der Waals surface area contributed by atoms with Gasteiger partial charge in [0.05, 0.1) is 5.54 Å². The first-order valence-electron chi connectivity index (χ1n) is 8.46. The van der Waals surface area contributed by atoms with Gasteiger partial charge in [0.1, 0.15) is 17.3 Å². The fourth-order valence-electron chi connectivity index (χ4n) is 3.46. The Kier molecular flexibility index (Phi) is 4.67. The van der Waals surface area contributed by atoms with Gasteiger partial charge in [-0.25, -0.2) is 15.0 Å². The molecule has 0 spiro atoms. The molecule has 0 radical (unpaired) electrons. The Balaban J connectivity index is 1.96. The number of nitrogens with one attached hydrogen (secondary N) is 1. The molecule has 3 heterocycles. The van der Waals surface area contributed by atoms with Crippen LogP contribution in [0.15, 0.2) is 24.4 Å². The van der Waals surface area contributed by atoms with E-state index in [1.807, 2.05) is 20.0 Å². The van der Waals surface area contributed by atoms with Gasteiger partial charge in [-0.05, 0) is 45.4 Å². The van der Waals surface area contributed by atoms with Crippen molar-refractivity contribution in [2.45, 2.75) is 38.8 Å². The molecule has 1 aliphatic rings. The third-order valence-corrected chi connectivity index (χ3v) is 4.87. The highest BCUT2D eigenvalue weighted by Gasteiger charge is 2.41.